The molecule has 13 nitrogen and oxygen atoms in total. The number of carbonyl (C=O) groups is 3. The maximum atomic E-state index is 14.2. The van der Waals surface area contributed by atoms with Crippen LogP contribution in [0.4, 0.5) is 29.6 Å². The third-order valence-corrected chi connectivity index (χ3v) is 6.68. The van der Waals surface area contributed by atoms with Crippen LogP contribution in [-0.2, 0) is 31.8 Å². The molecule has 16 heteroatoms. The average Bonchev–Trinajstić information content (AvgIpc) is 3.42. The summed E-state index contributed by atoms with van der Waals surface area (Å²) < 4.78 is 53.9. The predicted octanol–water partition coefficient (Wildman–Crippen LogP) is 3.35. The Morgan fingerprint density at radius 1 is 1.11 bits per heavy atom. The number of methoxy groups -OCH3 is 1. The van der Waals surface area contributed by atoms with Gasteiger partial charge in [-0.3, -0.25) is 14.9 Å². The van der Waals surface area contributed by atoms with E-state index in [1.807, 2.05) is 24.8 Å². The summed E-state index contributed by atoms with van der Waals surface area (Å²) in [6, 6.07) is 2.56. The molecule has 45 heavy (non-hydrogen) atoms. The number of ether oxygens (including phenoxy) is 2. The first-order valence-corrected chi connectivity index (χ1v) is 14.2. The van der Waals surface area contributed by atoms with Gasteiger partial charge in [0.2, 0.25) is 5.91 Å². The van der Waals surface area contributed by atoms with Gasteiger partial charge in [-0.05, 0) is 37.6 Å². The molecule has 4 rings (SSSR count). The van der Waals surface area contributed by atoms with Crippen molar-refractivity contribution in [1.82, 2.24) is 30.2 Å². The number of nitrogens with one attached hydrogen (secondary N) is 3. The Morgan fingerprint density at radius 3 is 2.56 bits per heavy atom. The van der Waals surface area contributed by atoms with E-state index in [2.05, 4.69) is 35.8 Å². The Bertz CT molecular complexity index is 1560. The Morgan fingerprint density at radius 2 is 1.87 bits per heavy atom. The van der Waals surface area contributed by atoms with Crippen LogP contribution in [-0.4, -0.2) is 83.9 Å². The summed E-state index contributed by atoms with van der Waals surface area (Å²) in [7, 11) is 1.09. The van der Waals surface area contributed by atoms with Crippen molar-refractivity contribution in [3.63, 3.8) is 0 Å². The fourth-order valence-electron chi connectivity index (χ4n) is 4.59. The second kappa shape index (κ2) is 14.9. The SMILES string of the molecule is COC(=O)Nc1cc(C(F)(F)F)c(-c2nc(N3CCOCC3)c3cc(CNCCNC(=O)CCC(=O)C=C(C)C)cn3n2)cn1. The Kier molecular flexibility index (Phi) is 11.1. The van der Waals surface area contributed by atoms with Gasteiger partial charge in [-0.2, -0.15) is 13.2 Å². The molecule has 0 radical (unpaired) electrons. The number of alkyl halides is 3. The van der Waals surface area contributed by atoms with E-state index in [1.165, 1.54) is 10.6 Å². The van der Waals surface area contributed by atoms with Crippen molar-refractivity contribution in [1.29, 1.82) is 0 Å². The summed E-state index contributed by atoms with van der Waals surface area (Å²) in [4.78, 5) is 45.8. The van der Waals surface area contributed by atoms with E-state index in [9.17, 15) is 27.6 Å². The minimum Gasteiger partial charge on any atom is -0.453 e. The summed E-state index contributed by atoms with van der Waals surface area (Å²) in [6.45, 7) is 6.64. The number of nitrogens with zero attached hydrogens (tertiary/aromatic N) is 5. The molecular formula is C29H35F3N8O5. The molecule has 0 bridgehead atoms. The molecule has 0 spiro atoms. The topological polar surface area (TPSA) is 152 Å². The van der Waals surface area contributed by atoms with E-state index in [0.29, 0.717) is 63.3 Å². The number of carbonyl (C=O) groups excluding carboxylic acids is 3. The van der Waals surface area contributed by atoms with Crippen LogP contribution in [0.15, 0.2) is 36.2 Å². The molecular weight excluding hydrogens is 597 g/mol. The number of allylic oxidation sites excluding steroid dienone is 2. The lowest BCUT2D eigenvalue weighted by molar-refractivity contribution is -0.137. The predicted molar refractivity (Wildman–Crippen MR) is 159 cm³/mol. The zero-order chi connectivity index (χ0) is 32.6. The van der Waals surface area contributed by atoms with E-state index >= 15 is 0 Å². The molecule has 3 aromatic heterocycles. The van der Waals surface area contributed by atoms with Gasteiger partial charge in [0.15, 0.2) is 17.4 Å². The lowest BCUT2D eigenvalue weighted by Gasteiger charge is -2.28. The molecule has 4 heterocycles. The second-order valence-corrected chi connectivity index (χ2v) is 10.5. The molecule has 0 aliphatic carbocycles. The van der Waals surface area contributed by atoms with Crippen molar-refractivity contribution in [2.24, 2.45) is 0 Å². The molecule has 1 aliphatic rings. The molecule has 0 saturated carbocycles. The minimum absolute atomic E-state index is 0.0924. The molecule has 1 fully saturated rings. The van der Waals surface area contributed by atoms with Gasteiger partial charge in [0.1, 0.15) is 11.3 Å². The second-order valence-electron chi connectivity index (χ2n) is 10.5. The highest BCUT2D eigenvalue weighted by Crippen LogP contribution is 2.37. The third-order valence-electron chi connectivity index (χ3n) is 6.68. The minimum atomic E-state index is -4.80. The summed E-state index contributed by atoms with van der Waals surface area (Å²) in [5.41, 5.74) is 0.835. The van der Waals surface area contributed by atoms with Crippen molar-refractivity contribution in [2.75, 3.05) is 56.7 Å². The van der Waals surface area contributed by atoms with Gasteiger partial charge in [0.25, 0.3) is 0 Å². The van der Waals surface area contributed by atoms with Crippen molar-refractivity contribution >= 4 is 34.9 Å². The van der Waals surface area contributed by atoms with Crippen LogP contribution in [0, 0.1) is 0 Å². The quantitative estimate of drug-likeness (QED) is 0.200. The number of hydrogen-bond acceptors (Lipinski definition) is 10. The van der Waals surface area contributed by atoms with E-state index in [-0.39, 0.29) is 41.7 Å². The number of fused-ring (bicyclic) bond motifs is 1. The molecule has 1 saturated heterocycles. The fourth-order valence-corrected chi connectivity index (χ4v) is 4.59. The Balaban J connectivity index is 1.52. The average molecular weight is 633 g/mol. The van der Waals surface area contributed by atoms with Crippen LogP contribution in [0.25, 0.3) is 16.9 Å². The lowest BCUT2D eigenvalue weighted by atomic mass is 10.1. The van der Waals surface area contributed by atoms with E-state index in [0.717, 1.165) is 24.4 Å². The highest BCUT2D eigenvalue weighted by atomic mass is 19.4. The largest absolute Gasteiger partial charge is 0.453 e. The first-order valence-electron chi connectivity index (χ1n) is 14.2. The molecule has 3 N–H and O–H groups in total. The zero-order valence-corrected chi connectivity index (χ0v) is 25.2. The highest BCUT2D eigenvalue weighted by Gasteiger charge is 2.36. The van der Waals surface area contributed by atoms with Gasteiger partial charge < -0.3 is 25.0 Å². The number of ketones is 1. The monoisotopic (exact) mass is 632 g/mol. The van der Waals surface area contributed by atoms with Crippen LogP contribution in [0.5, 0.6) is 0 Å². The Labute approximate surface area is 257 Å². The smallest absolute Gasteiger partial charge is 0.417 e. The van der Waals surface area contributed by atoms with Crippen molar-refractivity contribution in [3.05, 3.63) is 47.3 Å². The number of morpholine rings is 1. The first kappa shape index (κ1) is 33.3. The van der Waals surface area contributed by atoms with Crippen molar-refractivity contribution in [3.8, 4) is 11.4 Å². The van der Waals surface area contributed by atoms with Gasteiger partial charge in [-0.25, -0.2) is 19.3 Å². The normalized spacial score (nSPS) is 13.4. The van der Waals surface area contributed by atoms with Crippen molar-refractivity contribution in [2.45, 2.75) is 39.4 Å². The van der Waals surface area contributed by atoms with Gasteiger partial charge >= 0.3 is 12.3 Å². The Hall–Kier alpha value is -4.57. The van der Waals surface area contributed by atoms with Crippen LogP contribution in [0.2, 0.25) is 0 Å². The van der Waals surface area contributed by atoms with E-state index in [1.54, 1.807) is 6.20 Å². The molecule has 1 aliphatic heterocycles. The number of aromatic nitrogens is 4. The van der Waals surface area contributed by atoms with Crippen LogP contribution in [0.1, 0.15) is 37.8 Å². The van der Waals surface area contributed by atoms with Crippen LogP contribution < -0.4 is 20.9 Å². The number of amides is 2. The van der Waals surface area contributed by atoms with Gasteiger partial charge in [-0.1, -0.05) is 5.57 Å². The molecule has 0 unspecified atom stereocenters. The summed E-state index contributed by atoms with van der Waals surface area (Å²) >= 11 is 0. The number of halogens is 3. The maximum absolute atomic E-state index is 14.2. The molecule has 2 amide bonds. The number of pyridine rings is 1. The standard InChI is InChI=1S/C29H35F3N8O5/c1-18(2)12-20(41)4-5-25(42)34-7-6-33-15-19-13-23-27(39-8-10-45-11-9-39)37-26(38-40(23)17-19)21-16-35-24(36-28(43)44-3)14-22(21)29(30,31)32/h12-14,16-17,33H,4-11,15H2,1-3H3,(H,34,42)(H,35,36,43). The first-order chi connectivity index (χ1) is 21.4. The van der Waals surface area contributed by atoms with Gasteiger partial charge in [-0.15, -0.1) is 5.10 Å². The van der Waals surface area contributed by atoms with Crippen LogP contribution >= 0.6 is 0 Å². The van der Waals surface area contributed by atoms with Gasteiger partial charge in [0.05, 0.1) is 31.5 Å². The summed E-state index contributed by atoms with van der Waals surface area (Å²) in [6.07, 6.45) is -1.33. The van der Waals surface area contributed by atoms with Crippen LogP contribution in [0.3, 0.4) is 0 Å². The van der Waals surface area contributed by atoms with E-state index < -0.39 is 17.8 Å². The fraction of sp³-hybridized carbons (Fsp3) is 0.448. The third kappa shape index (κ3) is 9.21. The maximum Gasteiger partial charge on any atom is 0.417 e. The summed E-state index contributed by atoms with van der Waals surface area (Å²) in [5.74, 6) is -0.411. The molecule has 242 valence electrons. The number of hydrogen-bond donors (Lipinski definition) is 3. The molecule has 0 aromatic carbocycles. The molecule has 0 atom stereocenters. The number of anilines is 2. The number of rotatable bonds is 12. The summed E-state index contributed by atoms with van der Waals surface area (Å²) in [5, 5.41) is 12.5. The highest BCUT2D eigenvalue weighted by molar-refractivity contribution is 5.93. The van der Waals surface area contributed by atoms with Crippen molar-refractivity contribution < 1.29 is 37.0 Å². The lowest BCUT2D eigenvalue weighted by Crippen LogP contribution is -2.37. The zero-order valence-electron chi connectivity index (χ0n) is 25.2. The van der Waals surface area contributed by atoms with Gasteiger partial charge in [0, 0.05) is 58.0 Å². The molecule has 3 aromatic rings. The van der Waals surface area contributed by atoms with E-state index in [4.69, 9.17) is 4.74 Å².